The smallest absolute Gasteiger partial charge is 0.156 e. The van der Waals surface area contributed by atoms with Gasteiger partial charge in [-0.05, 0) is 15.9 Å². The van der Waals surface area contributed by atoms with Crippen molar-refractivity contribution < 1.29 is 4.79 Å². The lowest BCUT2D eigenvalue weighted by atomic mass is 10.1. The van der Waals surface area contributed by atoms with Crippen LogP contribution in [0.2, 0.25) is 0 Å². The van der Waals surface area contributed by atoms with Crippen molar-refractivity contribution in [1.82, 2.24) is 15.0 Å². The van der Waals surface area contributed by atoms with Crippen LogP contribution in [0.25, 0.3) is 11.3 Å². The van der Waals surface area contributed by atoms with Crippen LogP contribution in [0.5, 0.6) is 0 Å². The molecule has 0 saturated heterocycles. The Morgan fingerprint density at radius 2 is 2.13 bits per heavy atom. The van der Waals surface area contributed by atoms with Gasteiger partial charge in [0.15, 0.2) is 10.9 Å². The zero-order valence-corrected chi connectivity index (χ0v) is 9.60. The zero-order chi connectivity index (χ0) is 10.8. The molecule has 5 heteroatoms. The second-order valence-corrected chi connectivity index (χ2v) is 3.81. The lowest BCUT2D eigenvalue weighted by molar-refractivity contribution is 0.112. The summed E-state index contributed by atoms with van der Waals surface area (Å²) in [6.07, 6.45) is 0.828. The summed E-state index contributed by atoms with van der Waals surface area (Å²) in [5.74, 6) is 0. The van der Waals surface area contributed by atoms with Crippen LogP contribution in [0, 0.1) is 0 Å². The topological polar surface area (TPSA) is 47.8 Å². The van der Waals surface area contributed by atoms with Crippen molar-refractivity contribution in [2.45, 2.75) is 0 Å². The van der Waals surface area contributed by atoms with Crippen molar-refractivity contribution >= 4 is 22.2 Å². The highest BCUT2D eigenvalue weighted by atomic mass is 79.9. The fourth-order valence-electron chi connectivity index (χ4n) is 1.43. The molecule has 0 unspecified atom stereocenters. The molecule has 0 fully saturated rings. The molecule has 0 saturated carbocycles. The standard InChI is InChI=1S/C10H8BrN3O/c1-14-9(10(11)12-13-14)8-5-3-2-4-7(8)6-15/h2-6H,1H3. The van der Waals surface area contributed by atoms with E-state index in [1.165, 1.54) is 0 Å². The molecule has 0 radical (unpaired) electrons. The van der Waals surface area contributed by atoms with Gasteiger partial charge in [-0.25, -0.2) is 4.68 Å². The van der Waals surface area contributed by atoms with Crippen LogP contribution < -0.4 is 0 Å². The Bertz CT molecular complexity index is 488. The minimum atomic E-state index is 0.628. The maximum Gasteiger partial charge on any atom is 0.156 e. The first-order chi connectivity index (χ1) is 7.24. The first-order valence-electron chi connectivity index (χ1n) is 4.34. The van der Waals surface area contributed by atoms with E-state index in [0.717, 1.165) is 17.5 Å². The second-order valence-electron chi connectivity index (χ2n) is 3.06. The molecule has 0 spiro atoms. The van der Waals surface area contributed by atoms with Gasteiger partial charge < -0.3 is 0 Å². The number of nitrogens with zero attached hydrogens (tertiary/aromatic N) is 3. The van der Waals surface area contributed by atoms with E-state index in [9.17, 15) is 4.79 Å². The number of aldehydes is 1. The van der Waals surface area contributed by atoms with Crippen LogP contribution in [0.1, 0.15) is 10.4 Å². The predicted molar refractivity (Wildman–Crippen MR) is 59.5 cm³/mol. The Labute approximate surface area is 95.0 Å². The molecule has 1 heterocycles. The maximum atomic E-state index is 10.9. The molecular weight excluding hydrogens is 258 g/mol. The van der Waals surface area contributed by atoms with Gasteiger partial charge in [-0.1, -0.05) is 29.5 Å². The van der Waals surface area contributed by atoms with Crippen molar-refractivity contribution in [2.24, 2.45) is 7.05 Å². The summed E-state index contributed by atoms with van der Waals surface area (Å²) in [4.78, 5) is 10.9. The number of hydrogen-bond acceptors (Lipinski definition) is 3. The zero-order valence-electron chi connectivity index (χ0n) is 8.01. The van der Waals surface area contributed by atoms with E-state index in [1.54, 1.807) is 17.8 Å². The van der Waals surface area contributed by atoms with Crippen LogP contribution in [0.3, 0.4) is 0 Å². The molecule has 0 amide bonds. The highest BCUT2D eigenvalue weighted by Crippen LogP contribution is 2.27. The maximum absolute atomic E-state index is 10.9. The van der Waals surface area contributed by atoms with E-state index < -0.39 is 0 Å². The van der Waals surface area contributed by atoms with Crippen LogP contribution in [-0.4, -0.2) is 21.3 Å². The molecule has 2 rings (SSSR count). The molecule has 15 heavy (non-hydrogen) atoms. The number of benzene rings is 1. The summed E-state index contributed by atoms with van der Waals surface area (Å²) in [6.45, 7) is 0. The van der Waals surface area contributed by atoms with Crippen LogP contribution in [0.15, 0.2) is 28.9 Å². The first kappa shape index (κ1) is 10.0. The molecule has 1 aromatic carbocycles. The molecule has 0 atom stereocenters. The van der Waals surface area contributed by atoms with E-state index in [4.69, 9.17) is 0 Å². The molecular formula is C10H8BrN3O. The predicted octanol–water partition coefficient (Wildman–Crippen LogP) is 2.06. The third-order valence-electron chi connectivity index (χ3n) is 2.13. The number of aryl methyl sites for hydroxylation is 1. The Morgan fingerprint density at radius 3 is 2.73 bits per heavy atom. The minimum absolute atomic E-state index is 0.628. The van der Waals surface area contributed by atoms with Crippen molar-refractivity contribution in [3.8, 4) is 11.3 Å². The minimum Gasteiger partial charge on any atom is -0.298 e. The lowest BCUT2D eigenvalue weighted by Gasteiger charge is -2.04. The van der Waals surface area contributed by atoms with Gasteiger partial charge in [0.05, 0.1) is 0 Å². The average molecular weight is 266 g/mol. The molecule has 0 aliphatic heterocycles. The lowest BCUT2D eigenvalue weighted by Crippen LogP contribution is -1.96. The van der Waals surface area contributed by atoms with Crippen LogP contribution in [-0.2, 0) is 7.05 Å². The largest absolute Gasteiger partial charge is 0.298 e. The monoisotopic (exact) mass is 265 g/mol. The first-order valence-corrected chi connectivity index (χ1v) is 5.13. The Balaban J connectivity index is 2.68. The number of hydrogen-bond donors (Lipinski definition) is 0. The van der Waals surface area contributed by atoms with Gasteiger partial charge >= 0.3 is 0 Å². The molecule has 0 N–H and O–H groups in total. The van der Waals surface area contributed by atoms with Crippen molar-refractivity contribution in [2.75, 3.05) is 0 Å². The highest BCUT2D eigenvalue weighted by molar-refractivity contribution is 9.10. The Morgan fingerprint density at radius 1 is 1.40 bits per heavy atom. The normalized spacial score (nSPS) is 10.3. The van der Waals surface area contributed by atoms with Crippen molar-refractivity contribution in [1.29, 1.82) is 0 Å². The third kappa shape index (κ3) is 1.70. The van der Waals surface area contributed by atoms with Crippen molar-refractivity contribution in [3.63, 3.8) is 0 Å². The van der Waals surface area contributed by atoms with E-state index in [2.05, 4.69) is 26.2 Å². The quantitative estimate of drug-likeness (QED) is 0.781. The number of rotatable bonds is 2. The summed E-state index contributed by atoms with van der Waals surface area (Å²) in [6, 6.07) is 7.33. The van der Waals surface area contributed by atoms with Gasteiger partial charge in [0.25, 0.3) is 0 Å². The Kier molecular flexibility index (Phi) is 2.64. The van der Waals surface area contributed by atoms with Crippen molar-refractivity contribution in [3.05, 3.63) is 34.4 Å². The average Bonchev–Trinajstić information content (AvgIpc) is 2.59. The van der Waals surface area contributed by atoms with Gasteiger partial charge in [0.1, 0.15) is 5.69 Å². The fraction of sp³-hybridized carbons (Fsp3) is 0.100. The summed E-state index contributed by atoms with van der Waals surface area (Å²) in [5, 5.41) is 7.75. The summed E-state index contributed by atoms with van der Waals surface area (Å²) < 4.78 is 2.27. The summed E-state index contributed by atoms with van der Waals surface area (Å²) in [7, 11) is 1.79. The molecule has 2 aromatic rings. The van der Waals surface area contributed by atoms with Crippen LogP contribution in [0.4, 0.5) is 0 Å². The number of carbonyl (C=O) groups is 1. The summed E-state index contributed by atoms with van der Waals surface area (Å²) >= 11 is 3.31. The van der Waals surface area contributed by atoms with Gasteiger partial charge in [0, 0.05) is 18.2 Å². The van der Waals surface area contributed by atoms with E-state index in [1.807, 2.05) is 18.2 Å². The van der Waals surface area contributed by atoms with Gasteiger partial charge in [-0.15, -0.1) is 5.10 Å². The molecule has 0 aliphatic rings. The molecule has 76 valence electrons. The van der Waals surface area contributed by atoms with Gasteiger partial charge in [-0.2, -0.15) is 0 Å². The van der Waals surface area contributed by atoms with E-state index >= 15 is 0 Å². The highest BCUT2D eigenvalue weighted by Gasteiger charge is 2.13. The SMILES string of the molecule is Cn1nnc(Br)c1-c1ccccc1C=O. The van der Waals surface area contributed by atoms with E-state index in [-0.39, 0.29) is 0 Å². The van der Waals surface area contributed by atoms with Crippen LogP contribution >= 0.6 is 15.9 Å². The summed E-state index contributed by atoms with van der Waals surface area (Å²) in [5.41, 5.74) is 2.26. The number of halogens is 1. The number of carbonyl (C=O) groups excluding carboxylic acids is 1. The second kappa shape index (κ2) is 3.94. The van der Waals surface area contributed by atoms with E-state index in [0.29, 0.717) is 10.2 Å². The third-order valence-corrected chi connectivity index (χ3v) is 2.66. The van der Waals surface area contributed by atoms with Gasteiger partial charge in [0.2, 0.25) is 0 Å². The van der Waals surface area contributed by atoms with Gasteiger partial charge in [-0.3, -0.25) is 4.79 Å². The molecule has 4 nitrogen and oxygen atoms in total. The number of aromatic nitrogens is 3. The molecule has 0 aliphatic carbocycles. The molecule has 1 aromatic heterocycles. The Hall–Kier alpha value is -1.49. The molecule has 0 bridgehead atoms. The fourth-order valence-corrected chi connectivity index (χ4v) is 1.97.